The van der Waals surface area contributed by atoms with Crippen LogP contribution in [0, 0.1) is 11.7 Å². The number of pyridine rings is 1. The molecule has 2 heterocycles. The van der Waals surface area contributed by atoms with Crippen molar-refractivity contribution in [1.29, 1.82) is 0 Å². The van der Waals surface area contributed by atoms with Gasteiger partial charge in [0.25, 0.3) is 0 Å². The van der Waals surface area contributed by atoms with Crippen LogP contribution in [0.4, 0.5) is 10.2 Å². The van der Waals surface area contributed by atoms with E-state index in [1.807, 2.05) is 26.0 Å². The number of nitrogens with one attached hydrogen (secondary N) is 1. The van der Waals surface area contributed by atoms with Crippen LogP contribution < -0.4 is 10.2 Å². The van der Waals surface area contributed by atoms with Crippen molar-refractivity contribution >= 4 is 5.82 Å². The molecule has 0 amide bonds. The van der Waals surface area contributed by atoms with Crippen LogP contribution in [-0.4, -0.2) is 22.7 Å². The van der Waals surface area contributed by atoms with Crippen molar-refractivity contribution in [2.75, 3.05) is 11.5 Å². The number of aliphatic hydroxyl groups excluding tert-OH is 1. The molecule has 24 heavy (non-hydrogen) atoms. The largest absolute Gasteiger partial charge is 0.395 e. The lowest BCUT2D eigenvalue weighted by molar-refractivity contribution is 0.209. The van der Waals surface area contributed by atoms with Crippen LogP contribution in [0.1, 0.15) is 30.7 Å². The molecule has 0 fully saturated rings. The molecular formula is C19H24FN3O. The van der Waals surface area contributed by atoms with Gasteiger partial charge in [-0.15, -0.1) is 0 Å². The standard InChI is InChI=1S/C19H24FN3O/c1-13(2)18(12-24)21-9-17-16(20)7-8-19(22-17)23-10-14-5-3-4-6-15(14)11-23/h3-8,13,18,21,24H,9-12H2,1-2H3/t18-/m0/s1. The summed E-state index contributed by atoms with van der Waals surface area (Å²) in [6.07, 6.45) is 0. The molecule has 0 unspecified atom stereocenters. The number of rotatable bonds is 6. The number of halogens is 1. The molecular weight excluding hydrogens is 305 g/mol. The van der Waals surface area contributed by atoms with E-state index in [0.717, 1.165) is 18.9 Å². The Kier molecular flexibility index (Phi) is 5.11. The SMILES string of the molecule is CC(C)[C@H](CO)NCc1nc(N2Cc3ccccc3C2)ccc1F. The van der Waals surface area contributed by atoms with E-state index in [4.69, 9.17) is 0 Å². The summed E-state index contributed by atoms with van der Waals surface area (Å²) in [5, 5.41) is 12.6. The molecule has 1 atom stereocenters. The normalized spacial score (nSPS) is 15.0. The third-order valence-electron chi connectivity index (χ3n) is 4.60. The fourth-order valence-corrected chi connectivity index (χ4v) is 3.01. The Labute approximate surface area is 142 Å². The highest BCUT2D eigenvalue weighted by molar-refractivity contribution is 5.47. The molecule has 0 spiro atoms. The third-order valence-corrected chi connectivity index (χ3v) is 4.60. The van der Waals surface area contributed by atoms with Gasteiger partial charge in [0.1, 0.15) is 11.6 Å². The Morgan fingerprint density at radius 2 is 1.83 bits per heavy atom. The quantitative estimate of drug-likeness (QED) is 0.856. The molecule has 3 rings (SSSR count). The fourth-order valence-electron chi connectivity index (χ4n) is 3.01. The van der Waals surface area contributed by atoms with Crippen molar-refractivity contribution in [2.45, 2.75) is 39.5 Å². The molecule has 128 valence electrons. The van der Waals surface area contributed by atoms with Gasteiger partial charge in [0.2, 0.25) is 0 Å². The summed E-state index contributed by atoms with van der Waals surface area (Å²) >= 11 is 0. The van der Waals surface area contributed by atoms with Crippen LogP contribution in [-0.2, 0) is 19.6 Å². The summed E-state index contributed by atoms with van der Waals surface area (Å²) in [6.45, 7) is 5.98. The van der Waals surface area contributed by atoms with Gasteiger partial charge in [0.15, 0.2) is 0 Å². The first kappa shape index (κ1) is 16.9. The molecule has 1 aromatic heterocycles. The number of hydrogen-bond acceptors (Lipinski definition) is 4. The lowest BCUT2D eigenvalue weighted by Crippen LogP contribution is -2.37. The molecule has 0 saturated heterocycles. The topological polar surface area (TPSA) is 48.4 Å². The molecule has 5 heteroatoms. The second-order valence-electron chi connectivity index (χ2n) is 6.64. The molecule has 4 nitrogen and oxygen atoms in total. The Bertz CT molecular complexity index is 680. The summed E-state index contributed by atoms with van der Waals surface area (Å²) in [7, 11) is 0. The summed E-state index contributed by atoms with van der Waals surface area (Å²) in [5.41, 5.74) is 2.98. The van der Waals surface area contributed by atoms with E-state index in [9.17, 15) is 9.50 Å². The maximum Gasteiger partial charge on any atom is 0.146 e. The monoisotopic (exact) mass is 329 g/mol. The molecule has 0 bridgehead atoms. The molecule has 0 aliphatic carbocycles. The molecule has 0 radical (unpaired) electrons. The maximum atomic E-state index is 14.1. The van der Waals surface area contributed by atoms with E-state index in [1.54, 1.807) is 6.07 Å². The predicted molar refractivity (Wildman–Crippen MR) is 93.1 cm³/mol. The van der Waals surface area contributed by atoms with Crippen molar-refractivity contribution < 1.29 is 9.50 Å². The van der Waals surface area contributed by atoms with E-state index in [0.29, 0.717) is 12.2 Å². The van der Waals surface area contributed by atoms with Gasteiger partial charge in [0, 0.05) is 25.7 Å². The lowest BCUT2D eigenvalue weighted by atomic mass is 10.1. The zero-order chi connectivity index (χ0) is 17.1. The van der Waals surface area contributed by atoms with Crippen LogP contribution in [0.3, 0.4) is 0 Å². The molecule has 1 aliphatic rings. The zero-order valence-corrected chi connectivity index (χ0v) is 14.2. The Hall–Kier alpha value is -1.98. The number of aromatic nitrogens is 1. The minimum atomic E-state index is -0.316. The van der Waals surface area contributed by atoms with Gasteiger partial charge in [-0.3, -0.25) is 0 Å². The van der Waals surface area contributed by atoms with Crippen molar-refractivity contribution in [3.8, 4) is 0 Å². The molecule has 2 aromatic rings. The Morgan fingerprint density at radius 3 is 2.42 bits per heavy atom. The fraction of sp³-hybridized carbons (Fsp3) is 0.421. The zero-order valence-electron chi connectivity index (χ0n) is 14.2. The Balaban J connectivity index is 1.73. The van der Waals surface area contributed by atoms with E-state index >= 15 is 0 Å². The van der Waals surface area contributed by atoms with Gasteiger partial charge in [-0.1, -0.05) is 38.1 Å². The first-order chi connectivity index (χ1) is 11.6. The van der Waals surface area contributed by atoms with Crippen molar-refractivity contribution in [3.05, 3.63) is 59.0 Å². The lowest BCUT2D eigenvalue weighted by Gasteiger charge is -2.21. The van der Waals surface area contributed by atoms with Gasteiger partial charge in [-0.05, 0) is 29.2 Å². The minimum Gasteiger partial charge on any atom is -0.395 e. The number of hydrogen-bond donors (Lipinski definition) is 2. The van der Waals surface area contributed by atoms with Crippen LogP contribution in [0.15, 0.2) is 36.4 Å². The van der Waals surface area contributed by atoms with E-state index < -0.39 is 0 Å². The highest BCUT2D eigenvalue weighted by Crippen LogP contribution is 2.27. The summed E-state index contributed by atoms with van der Waals surface area (Å²) < 4.78 is 14.1. The van der Waals surface area contributed by atoms with Crippen molar-refractivity contribution in [2.24, 2.45) is 5.92 Å². The van der Waals surface area contributed by atoms with E-state index in [2.05, 4.69) is 27.3 Å². The average Bonchev–Trinajstić information content (AvgIpc) is 3.00. The first-order valence-corrected chi connectivity index (χ1v) is 8.40. The number of fused-ring (bicyclic) bond motifs is 1. The Morgan fingerprint density at radius 1 is 1.17 bits per heavy atom. The van der Waals surface area contributed by atoms with Gasteiger partial charge in [-0.25, -0.2) is 9.37 Å². The summed E-state index contributed by atoms with van der Waals surface area (Å²) in [5.74, 6) is 0.743. The number of anilines is 1. The van der Waals surface area contributed by atoms with Crippen molar-refractivity contribution in [3.63, 3.8) is 0 Å². The van der Waals surface area contributed by atoms with E-state index in [1.165, 1.54) is 17.2 Å². The van der Waals surface area contributed by atoms with Gasteiger partial charge < -0.3 is 15.3 Å². The highest BCUT2D eigenvalue weighted by atomic mass is 19.1. The van der Waals surface area contributed by atoms with Crippen LogP contribution in [0.5, 0.6) is 0 Å². The first-order valence-electron chi connectivity index (χ1n) is 8.40. The third kappa shape index (κ3) is 3.57. The number of benzene rings is 1. The summed E-state index contributed by atoms with van der Waals surface area (Å²) in [4.78, 5) is 6.66. The number of aliphatic hydroxyl groups is 1. The highest BCUT2D eigenvalue weighted by Gasteiger charge is 2.21. The summed E-state index contributed by atoms with van der Waals surface area (Å²) in [6, 6.07) is 11.5. The molecule has 1 aromatic carbocycles. The average molecular weight is 329 g/mol. The second kappa shape index (κ2) is 7.28. The van der Waals surface area contributed by atoms with Crippen molar-refractivity contribution in [1.82, 2.24) is 10.3 Å². The molecule has 0 saturated carbocycles. The smallest absolute Gasteiger partial charge is 0.146 e. The number of nitrogens with zero attached hydrogens (tertiary/aromatic N) is 2. The maximum absolute atomic E-state index is 14.1. The van der Waals surface area contributed by atoms with Gasteiger partial charge in [0.05, 0.1) is 12.3 Å². The predicted octanol–water partition coefficient (Wildman–Crippen LogP) is 2.85. The second-order valence-corrected chi connectivity index (χ2v) is 6.64. The minimum absolute atomic E-state index is 0.0282. The van der Waals surface area contributed by atoms with Crippen LogP contribution in [0.2, 0.25) is 0 Å². The van der Waals surface area contributed by atoms with E-state index in [-0.39, 0.29) is 24.4 Å². The van der Waals surface area contributed by atoms with Crippen LogP contribution in [0.25, 0.3) is 0 Å². The molecule has 1 aliphatic heterocycles. The van der Waals surface area contributed by atoms with Gasteiger partial charge in [-0.2, -0.15) is 0 Å². The van der Waals surface area contributed by atoms with Crippen LogP contribution >= 0.6 is 0 Å². The molecule has 2 N–H and O–H groups in total. The van der Waals surface area contributed by atoms with Gasteiger partial charge >= 0.3 is 0 Å².